The third-order valence-electron chi connectivity index (χ3n) is 1.40. The largest absolute Gasteiger partial charge is 0.355 e. The summed E-state index contributed by atoms with van der Waals surface area (Å²) in [4.78, 5) is 0. The summed E-state index contributed by atoms with van der Waals surface area (Å²) in [7, 11) is 1.93. The molecule has 0 amide bonds. The second-order valence-electron chi connectivity index (χ2n) is 2.16. The molecule has 0 saturated carbocycles. The van der Waals surface area contributed by atoms with Gasteiger partial charge < -0.3 is 14.8 Å². The van der Waals surface area contributed by atoms with E-state index in [1.54, 1.807) is 0 Å². The molecule has 1 heterocycles. The van der Waals surface area contributed by atoms with Gasteiger partial charge >= 0.3 is 0 Å². The van der Waals surface area contributed by atoms with Crippen LogP contribution in [0, 0.1) is 0 Å². The predicted molar refractivity (Wildman–Crippen MR) is 34.2 cm³/mol. The molecule has 1 unspecified atom stereocenters. The minimum absolute atomic E-state index is 0.365. The molecule has 0 aliphatic carbocycles. The fourth-order valence-corrected chi connectivity index (χ4v) is 0.890. The number of likely N-dealkylation sites (N-methyl/N-ethyl adjacent to an activating group) is 1. The Kier molecular flexibility index (Phi) is 2.97. The molecule has 1 N–H and O–H groups in total. The van der Waals surface area contributed by atoms with Crippen molar-refractivity contribution in [2.24, 2.45) is 0 Å². The van der Waals surface area contributed by atoms with E-state index in [2.05, 4.69) is 5.32 Å². The molecule has 1 rings (SSSR count). The van der Waals surface area contributed by atoms with Gasteiger partial charge in [-0.25, -0.2) is 0 Å². The first-order valence-electron chi connectivity index (χ1n) is 3.27. The molecule has 9 heavy (non-hydrogen) atoms. The molecular weight excluding hydrogens is 118 g/mol. The molecule has 1 saturated heterocycles. The topological polar surface area (TPSA) is 30.5 Å². The molecule has 3 heteroatoms. The zero-order valence-corrected chi connectivity index (χ0v) is 5.72. The van der Waals surface area contributed by atoms with Crippen molar-refractivity contribution in [2.75, 3.05) is 27.0 Å². The van der Waals surface area contributed by atoms with Crippen LogP contribution in [0.4, 0.5) is 0 Å². The molecule has 0 aromatic carbocycles. The van der Waals surface area contributed by atoms with Crippen LogP contribution < -0.4 is 5.32 Å². The van der Waals surface area contributed by atoms with E-state index in [0.717, 1.165) is 19.6 Å². The van der Waals surface area contributed by atoms with Gasteiger partial charge in [-0.05, 0) is 13.5 Å². The van der Waals surface area contributed by atoms with Crippen LogP contribution in [0.3, 0.4) is 0 Å². The standard InChI is InChI=1S/C6H13NO2/c1-7-4-6-2-3-8-5-9-6/h6-7H,2-5H2,1H3. The smallest absolute Gasteiger partial charge is 0.147 e. The molecule has 54 valence electrons. The minimum Gasteiger partial charge on any atom is -0.355 e. The van der Waals surface area contributed by atoms with Gasteiger partial charge in [-0.2, -0.15) is 0 Å². The summed E-state index contributed by atoms with van der Waals surface area (Å²) in [6, 6.07) is 0. The van der Waals surface area contributed by atoms with E-state index in [4.69, 9.17) is 9.47 Å². The quantitative estimate of drug-likeness (QED) is 0.571. The van der Waals surface area contributed by atoms with Gasteiger partial charge in [-0.15, -0.1) is 0 Å². The van der Waals surface area contributed by atoms with Crippen LogP contribution in [0.15, 0.2) is 0 Å². The van der Waals surface area contributed by atoms with E-state index < -0.39 is 0 Å². The molecule has 0 bridgehead atoms. The average Bonchev–Trinajstić information content (AvgIpc) is 1.91. The normalized spacial score (nSPS) is 28.3. The van der Waals surface area contributed by atoms with Crippen molar-refractivity contribution in [2.45, 2.75) is 12.5 Å². The third-order valence-corrected chi connectivity index (χ3v) is 1.40. The fraction of sp³-hybridized carbons (Fsp3) is 1.00. The fourth-order valence-electron chi connectivity index (χ4n) is 0.890. The number of hydrogen-bond donors (Lipinski definition) is 1. The Bertz CT molecular complexity index is 68.7. The lowest BCUT2D eigenvalue weighted by Crippen LogP contribution is -2.32. The van der Waals surface area contributed by atoms with Crippen LogP contribution in [0.1, 0.15) is 6.42 Å². The first-order valence-corrected chi connectivity index (χ1v) is 3.27. The van der Waals surface area contributed by atoms with Gasteiger partial charge in [0.15, 0.2) is 0 Å². The van der Waals surface area contributed by atoms with Crippen molar-refractivity contribution in [3.63, 3.8) is 0 Å². The molecule has 0 radical (unpaired) electrons. The molecule has 1 fully saturated rings. The minimum atomic E-state index is 0.365. The summed E-state index contributed by atoms with van der Waals surface area (Å²) in [5, 5.41) is 3.06. The lowest BCUT2D eigenvalue weighted by Gasteiger charge is -2.21. The number of nitrogens with one attached hydrogen (secondary N) is 1. The van der Waals surface area contributed by atoms with E-state index in [-0.39, 0.29) is 0 Å². The van der Waals surface area contributed by atoms with Gasteiger partial charge in [0.2, 0.25) is 0 Å². The zero-order valence-electron chi connectivity index (χ0n) is 5.72. The van der Waals surface area contributed by atoms with Crippen LogP contribution in [-0.2, 0) is 9.47 Å². The summed E-state index contributed by atoms with van der Waals surface area (Å²) in [5.74, 6) is 0. The van der Waals surface area contributed by atoms with Crippen molar-refractivity contribution in [3.05, 3.63) is 0 Å². The Hall–Kier alpha value is -0.120. The van der Waals surface area contributed by atoms with Gasteiger partial charge in [0.1, 0.15) is 6.79 Å². The summed E-state index contributed by atoms with van der Waals surface area (Å²) in [6.07, 6.45) is 1.38. The Labute approximate surface area is 55.3 Å². The maximum absolute atomic E-state index is 5.23. The summed E-state index contributed by atoms with van der Waals surface area (Å²) < 4.78 is 10.2. The molecular formula is C6H13NO2. The first kappa shape index (κ1) is 6.99. The Morgan fingerprint density at radius 3 is 3.11 bits per heavy atom. The van der Waals surface area contributed by atoms with E-state index >= 15 is 0 Å². The van der Waals surface area contributed by atoms with Crippen molar-refractivity contribution in [1.29, 1.82) is 0 Å². The molecule has 1 aliphatic rings. The highest BCUT2D eigenvalue weighted by atomic mass is 16.7. The highest BCUT2D eigenvalue weighted by Gasteiger charge is 2.11. The van der Waals surface area contributed by atoms with Crippen LogP contribution in [0.25, 0.3) is 0 Å². The SMILES string of the molecule is CNCC1CCOCO1. The second kappa shape index (κ2) is 3.82. The van der Waals surface area contributed by atoms with Crippen molar-refractivity contribution < 1.29 is 9.47 Å². The van der Waals surface area contributed by atoms with E-state index in [1.807, 2.05) is 7.05 Å². The Morgan fingerprint density at radius 1 is 1.67 bits per heavy atom. The summed E-state index contributed by atoms with van der Waals surface area (Å²) in [6.45, 7) is 2.24. The number of rotatable bonds is 2. The lowest BCUT2D eigenvalue weighted by atomic mass is 10.2. The number of ether oxygens (including phenoxy) is 2. The average molecular weight is 131 g/mol. The van der Waals surface area contributed by atoms with Crippen molar-refractivity contribution in [1.82, 2.24) is 5.32 Å². The number of hydrogen-bond acceptors (Lipinski definition) is 3. The van der Waals surface area contributed by atoms with E-state index in [0.29, 0.717) is 12.9 Å². The second-order valence-corrected chi connectivity index (χ2v) is 2.16. The first-order chi connectivity index (χ1) is 4.43. The third kappa shape index (κ3) is 2.30. The van der Waals surface area contributed by atoms with Gasteiger partial charge in [-0.3, -0.25) is 0 Å². The molecule has 1 aliphatic heterocycles. The molecule has 1 atom stereocenters. The maximum atomic E-state index is 5.23. The van der Waals surface area contributed by atoms with Crippen LogP contribution in [0.2, 0.25) is 0 Å². The predicted octanol–water partition coefficient (Wildman–Crippen LogP) is -0.0312. The summed E-state index contributed by atoms with van der Waals surface area (Å²) in [5.41, 5.74) is 0. The van der Waals surface area contributed by atoms with Crippen LogP contribution >= 0.6 is 0 Å². The molecule has 0 spiro atoms. The van der Waals surface area contributed by atoms with Crippen molar-refractivity contribution >= 4 is 0 Å². The lowest BCUT2D eigenvalue weighted by molar-refractivity contribution is -0.136. The highest BCUT2D eigenvalue weighted by molar-refractivity contribution is 4.60. The van der Waals surface area contributed by atoms with Crippen LogP contribution in [-0.4, -0.2) is 33.1 Å². The molecule has 3 nitrogen and oxygen atoms in total. The van der Waals surface area contributed by atoms with Gasteiger partial charge in [0.05, 0.1) is 12.7 Å². The van der Waals surface area contributed by atoms with Crippen molar-refractivity contribution in [3.8, 4) is 0 Å². The molecule has 0 aromatic heterocycles. The monoisotopic (exact) mass is 131 g/mol. The Morgan fingerprint density at radius 2 is 2.56 bits per heavy atom. The Balaban J connectivity index is 2.08. The van der Waals surface area contributed by atoms with Crippen LogP contribution in [0.5, 0.6) is 0 Å². The maximum Gasteiger partial charge on any atom is 0.147 e. The van der Waals surface area contributed by atoms with Gasteiger partial charge in [0.25, 0.3) is 0 Å². The van der Waals surface area contributed by atoms with E-state index in [9.17, 15) is 0 Å². The van der Waals surface area contributed by atoms with E-state index in [1.165, 1.54) is 0 Å². The zero-order chi connectivity index (χ0) is 6.53. The molecule has 0 aromatic rings. The van der Waals surface area contributed by atoms with Gasteiger partial charge in [0, 0.05) is 6.54 Å². The van der Waals surface area contributed by atoms with Gasteiger partial charge in [-0.1, -0.05) is 0 Å². The highest BCUT2D eigenvalue weighted by Crippen LogP contribution is 2.03. The summed E-state index contributed by atoms with van der Waals surface area (Å²) >= 11 is 0.